The van der Waals surface area contributed by atoms with Gasteiger partial charge in [0, 0.05) is 11.3 Å². The molecule has 140 valence electrons. The highest BCUT2D eigenvalue weighted by Crippen LogP contribution is 2.26. The Kier molecular flexibility index (Phi) is 5.51. The molecule has 2 aromatic carbocycles. The number of anilines is 1. The van der Waals surface area contributed by atoms with E-state index in [1.165, 1.54) is 16.4 Å². The maximum absolute atomic E-state index is 12.5. The van der Waals surface area contributed by atoms with Gasteiger partial charge in [-0.15, -0.1) is 10.2 Å². The summed E-state index contributed by atoms with van der Waals surface area (Å²) in [6.45, 7) is 7.85. The minimum Gasteiger partial charge on any atom is -0.335 e. The molecule has 0 unspecified atom stereocenters. The lowest BCUT2D eigenvalue weighted by molar-refractivity contribution is -0.115. The fourth-order valence-electron chi connectivity index (χ4n) is 2.66. The number of rotatable bonds is 5. The van der Waals surface area contributed by atoms with Gasteiger partial charge in [-0.3, -0.25) is 4.79 Å². The molecule has 0 radical (unpaired) electrons. The van der Waals surface area contributed by atoms with Crippen molar-refractivity contribution in [1.29, 1.82) is 0 Å². The van der Waals surface area contributed by atoms with Gasteiger partial charge in [0.25, 0.3) is 0 Å². The molecular weight excluding hydrogens is 358 g/mol. The lowest BCUT2D eigenvalue weighted by Gasteiger charge is -2.13. The van der Waals surface area contributed by atoms with Crippen molar-refractivity contribution < 1.29 is 4.79 Å². The summed E-state index contributed by atoms with van der Waals surface area (Å²) in [5.74, 6) is 6.62. The molecule has 3 N–H and O–H groups in total. The van der Waals surface area contributed by atoms with Crippen LogP contribution in [0.15, 0.2) is 47.6 Å². The Balaban J connectivity index is 1.71. The van der Waals surface area contributed by atoms with Crippen molar-refractivity contribution in [3.8, 4) is 11.4 Å². The number of aromatic nitrogens is 3. The average Bonchev–Trinajstić information content (AvgIpc) is 2.98. The number of thioether (sulfide) groups is 1. The molecule has 3 aromatic rings. The van der Waals surface area contributed by atoms with Gasteiger partial charge < -0.3 is 11.2 Å². The van der Waals surface area contributed by atoms with Gasteiger partial charge >= 0.3 is 0 Å². The van der Waals surface area contributed by atoms with Crippen molar-refractivity contribution in [3.05, 3.63) is 59.2 Å². The normalized spacial score (nSPS) is 12.0. The van der Waals surface area contributed by atoms with Crippen LogP contribution in [0.4, 0.5) is 5.69 Å². The van der Waals surface area contributed by atoms with Crippen LogP contribution in [-0.2, 0) is 4.79 Å². The molecule has 1 heterocycles. The lowest BCUT2D eigenvalue weighted by atomic mass is 10.1. The summed E-state index contributed by atoms with van der Waals surface area (Å²) in [7, 11) is 0. The Labute approximate surface area is 163 Å². The predicted octanol–water partition coefficient (Wildman–Crippen LogP) is 3.70. The summed E-state index contributed by atoms with van der Waals surface area (Å²) < 4.78 is 1.43. The number of nitrogens with two attached hydrogens (primary N) is 1. The predicted molar refractivity (Wildman–Crippen MR) is 110 cm³/mol. The fourth-order valence-corrected chi connectivity index (χ4v) is 3.43. The van der Waals surface area contributed by atoms with Crippen molar-refractivity contribution in [1.82, 2.24) is 14.9 Å². The van der Waals surface area contributed by atoms with E-state index in [-0.39, 0.29) is 11.2 Å². The summed E-state index contributed by atoms with van der Waals surface area (Å²) in [5.41, 5.74) is 5.05. The van der Waals surface area contributed by atoms with E-state index >= 15 is 0 Å². The van der Waals surface area contributed by atoms with Crippen LogP contribution in [0, 0.1) is 20.8 Å². The lowest BCUT2D eigenvalue weighted by Crippen LogP contribution is -2.24. The van der Waals surface area contributed by atoms with Gasteiger partial charge in [-0.05, 0) is 39.3 Å². The fraction of sp³-hybridized carbons (Fsp3) is 0.250. The monoisotopic (exact) mass is 381 g/mol. The average molecular weight is 382 g/mol. The minimum absolute atomic E-state index is 0.105. The second-order valence-corrected chi connectivity index (χ2v) is 7.92. The Morgan fingerprint density at radius 1 is 1.07 bits per heavy atom. The molecule has 3 rings (SSSR count). The Morgan fingerprint density at radius 3 is 2.41 bits per heavy atom. The molecule has 1 aromatic heterocycles. The van der Waals surface area contributed by atoms with Crippen LogP contribution >= 0.6 is 11.8 Å². The topological polar surface area (TPSA) is 85.8 Å². The van der Waals surface area contributed by atoms with E-state index in [0.29, 0.717) is 11.0 Å². The highest BCUT2D eigenvalue weighted by Gasteiger charge is 2.20. The second-order valence-electron chi connectivity index (χ2n) is 6.61. The molecule has 27 heavy (non-hydrogen) atoms. The zero-order chi connectivity index (χ0) is 19.6. The molecule has 0 spiro atoms. The number of benzene rings is 2. The van der Waals surface area contributed by atoms with E-state index in [1.807, 2.05) is 70.2 Å². The van der Waals surface area contributed by atoms with Crippen LogP contribution in [0.25, 0.3) is 11.4 Å². The van der Waals surface area contributed by atoms with Crippen molar-refractivity contribution >= 4 is 23.4 Å². The Hall–Kier alpha value is -2.80. The maximum atomic E-state index is 12.5. The number of amides is 1. The largest absolute Gasteiger partial charge is 0.335 e. The van der Waals surface area contributed by atoms with E-state index in [1.54, 1.807) is 0 Å². The maximum Gasteiger partial charge on any atom is 0.237 e. The van der Waals surface area contributed by atoms with Gasteiger partial charge in [0.15, 0.2) is 5.82 Å². The van der Waals surface area contributed by atoms with Crippen molar-refractivity contribution in [2.45, 2.75) is 38.1 Å². The number of aryl methyl sites for hydroxylation is 3. The van der Waals surface area contributed by atoms with E-state index in [9.17, 15) is 4.79 Å². The van der Waals surface area contributed by atoms with Crippen LogP contribution in [0.2, 0.25) is 0 Å². The van der Waals surface area contributed by atoms with Gasteiger partial charge in [-0.1, -0.05) is 59.3 Å². The molecule has 0 aliphatic heterocycles. The van der Waals surface area contributed by atoms with Crippen molar-refractivity contribution in [2.24, 2.45) is 0 Å². The van der Waals surface area contributed by atoms with Crippen molar-refractivity contribution in [2.75, 3.05) is 11.2 Å². The molecule has 0 saturated heterocycles. The van der Waals surface area contributed by atoms with E-state index in [2.05, 4.69) is 15.5 Å². The highest BCUT2D eigenvalue weighted by atomic mass is 32.2. The third-order valence-corrected chi connectivity index (χ3v) is 5.32. The Bertz CT molecular complexity index is 965. The number of nitrogens with zero attached hydrogens (tertiary/aromatic N) is 3. The van der Waals surface area contributed by atoms with Crippen LogP contribution < -0.4 is 11.2 Å². The van der Waals surface area contributed by atoms with E-state index in [0.717, 1.165) is 27.9 Å². The summed E-state index contributed by atoms with van der Waals surface area (Å²) in [5, 5.41) is 11.4. The number of nitrogens with one attached hydrogen (secondary N) is 1. The molecule has 0 fully saturated rings. The molecule has 7 heteroatoms. The molecular formula is C20H23N5OS. The first-order valence-corrected chi connectivity index (χ1v) is 9.55. The number of nitrogen functional groups attached to an aromatic ring is 1. The second kappa shape index (κ2) is 7.84. The standard InChI is InChI=1S/C20H23N5OS/c1-12-5-8-16(9-6-12)18-23-24-20(25(18)21)27-15(4)19(26)22-17-10-7-13(2)11-14(17)3/h5-11,15H,21H2,1-4H3,(H,22,26)/t15-/m0/s1. The van der Waals surface area contributed by atoms with Crippen LogP contribution in [0.3, 0.4) is 0 Å². The Morgan fingerprint density at radius 2 is 1.74 bits per heavy atom. The van der Waals surface area contributed by atoms with E-state index < -0.39 is 0 Å². The number of hydrogen-bond donors (Lipinski definition) is 2. The van der Waals surface area contributed by atoms with Gasteiger partial charge in [0.2, 0.25) is 11.1 Å². The zero-order valence-corrected chi connectivity index (χ0v) is 16.7. The smallest absolute Gasteiger partial charge is 0.237 e. The van der Waals surface area contributed by atoms with Gasteiger partial charge in [0.05, 0.1) is 5.25 Å². The first-order chi connectivity index (χ1) is 12.8. The zero-order valence-electron chi connectivity index (χ0n) is 15.9. The third kappa shape index (κ3) is 4.31. The highest BCUT2D eigenvalue weighted by molar-refractivity contribution is 8.00. The summed E-state index contributed by atoms with van der Waals surface area (Å²) in [6.07, 6.45) is 0. The summed E-state index contributed by atoms with van der Waals surface area (Å²) >= 11 is 1.28. The molecule has 1 amide bonds. The molecule has 0 aliphatic rings. The molecule has 0 bridgehead atoms. The summed E-state index contributed by atoms with van der Waals surface area (Å²) in [6, 6.07) is 13.8. The van der Waals surface area contributed by atoms with Gasteiger partial charge in [0.1, 0.15) is 0 Å². The first kappa shape index (κ1) is 19.0. The number of carbonyl (C=O) groups excluding carboxylic acids is 1. The molecule has 1 atom stereocenters. The van der Waals surface area contributed by atoms with Crippen molar-refractivity contribution in [3.63, 3.8) is 0 Å². The van der Waals surface area contributed by atoms with Gasteiger partial charge in [-0.25, -0.2) is 4.68 Å². The SMILES string of the molecule is Cc1ccc(-c2nnc(S[C@@H](C)C(=O)Nc3ccc(C)cc3C)n2N)cc1. The third-order valence-electron chi connectivity index (χ3n) is 4.27. The van der Waals surface area contributed by atoms with Crippen LogP contribution in [0.1, 0.15) is 23.6 Å². The molecule has 0 aliphatic carbocycles. The molecule has 0 saturated carbocycles. The summed E-state index contributed by atoms with van der Waals surface area (Å²) in [4.78, 5) is 12.5. The molecule has 6 nitrogen and oxygen atoms in total. The van der Waals surface area contributed by atoms with E-state index in [4.69, 9.17) is 5.84 Å². The number of carbonyl (C=O) groups is 1. The first-order valence-electron chi connectivity index (χ1n) is 8.67. The quantitative estimate of drug-likeness (QED) is 0.520. The van der Waals surface area contributed by atoms with Crippen LogP contribution in [-0.4, -0.2) is 26.0 Å². The van der Waals surface area contributed by atoms with Gasteiger partial charge in [-0.2, -0.15) is 0 Å². The minimum atomic E-state index is -0.372. The number of hydrogen-bond acceptors (Lipinski definition) is 5. The van der Waals surface area contributed by atoms with Crippen LogP contribution in [0.5, 0.6) is 0 Å².